The molecule has 0 bridgehead atoms. The molecule has 0 spiro atoms. The first-order valence-corrected chi connectivity index (χ1v) is 8.55. The van der Waals surface area contributed by atoms with Gasteiger partial charge in [-0.25, -0.2) is 0 Å². The van der Waals surface area contributed by atoms with Gasteiger partial charge in [0.15, 0.2) is 0 Å². The molecule has 0 aliphatic rings. The van der Waals surface area contributed by atoms with Crippen molar-refractivity contribution in [3.05, 3.63) is 63.7 Å². The summed E-state index contributed by atoms with van der Waals surface area (Å²) >= 11 is 8.17. The summed E-state index contributed by atoms with van der Waals surface area (Å²) < 4.78 is 0. The van der Waals surface area contributed by atoms with Crippen molar-refractivity contribution in [3.63, 3.8) is 0 Å². The summed E-state index contributed by atoms with van der Waals surface area (Å²) in [6, 6.07) is 12.9. The normalized spacial score (nSPS) is 12.4. The minimum absolute atomic E-state index is 0.116. The molecule has 2 aromatic carbocycles. The first-order chi connectivity index (χ1) is 9.95. The summed E-state index contributed by atoms with van der Waals surface area (Å²) in [6.07, 6.45) is 0.814. The highest BCUT2D eigenvalue weighted by Crippen LogP contribution is 2.32. The summed E-state index contributed by atoms with van der Waals surface area (Å²) in [5.74, 6) is 0.953. The van der Waals surface area contributed by atoms with Crippen molar-refractivity contribution >= 4 is 23.4 Å². The molecule has 0 aliphatic carbocycles. The number of halogens is 1. The van der Waals surface area contributed by atoms with Crippen LogP contribution in [0.15, 0.2) is 41.3 Å². The second-order valence-electron chi connectivity index (χ2n) is 5.68. The number of nitrogens with two attached hydrogens (primary N) is 1. The number of thioether (sulfide) groups is 1. The standard InChI is InChI=1S/C18H22ClNS/c1-12-7-13(2)9-15(8-12)11-21-18-6-4-5-17(19)16(18)10-14(3)20/h4-9,14H,10-11,20H2,1-3H3. The molecule has 0 saturated carbocycles. The highest BCUT2D eigenvalue weighted by atomic mass is 35.5. The summed E-state index contributed by atoms with van der Waals surface area (Å²) in [4.78, 5) is 1.24. The van der Waals surface area contributed by atoms with Gasteiger partial charge in [0.1, 0.15) is 0 Å². The third kappa shape index (κ3) is 4.77. The van der Waals surface area contributed by atoms with Crippen molar-refractivity contribution in [2.75, 3.05) is 0 Å². The van der Waals surface area contributed by atoms with Crippen molar-refractivity contribution < 1.29 is 0 Å². The summed E-state index contributed by atoms with van der Waals surface area (Å²) in [5, 5.41) is 0.817. The van der Waals surface area contributed by atoms with Crippen LogP contribution in [0.25, 0.3) is 0 Å². The van der Waals surface area contributed by atoms with Crippen LogP contribution in [0.2, 0.25) is 5.02 Å². The zero-order valence-electron chi connectivity index (χ0n) is 12.8. The molecule has 3 heteroatoms. The van der Waals surface area contributed by atoms with Crippen molar-refractivity contribution in [2.45, 2.75) is 43.9 Å². The molecular weight excluding hydrogens is 298 g/mol. The Morgan fingerprint density at radius 2 is 1.81 bits per heavy atom. The van der Waals surface area contributed by atoms with Gasteiger partial charge >= 0.3 is 0 Å². The van der Waals surface area contributed by atoms with Gasteiger partial charge in [0.2, 0.25) is 0 Å². The molecule has 0 heterocycles. The van der Waals surface area contributed by atoms with Crippen molar-refractivity contribution in [1.82, 2.24) is 0 Å². The summed E-state index contributed by atoms with van der Waals surface area (Å²) in [5.41, 5.74) is 11.1. The van der Waals surface area contributed by atoms with Gasteiger partial charge < -0.3 is 5.73 Å². The smallest absolute Gasteiger partial charge is 0.0449 e. The molecule has 0 aromatic heterocycles. The number of hydrogen-bond acceptors (Lipinski definition) is 2. The fraction of sp³-hybridized carbons (Fsp3) is 0.333. The third-order valence-electron chi connectivity index (χ3n) is 3.28. The average Bonchev–Trinajstić information content (AvgIpc) is 2.38. The molecule has 1 unspecified atom stereocenters. The summed E-state index contributed by atoms with van der Waals surface area (Å²) in [7, 11) is 0. The quantitative estimate of drug-likeness (QED) is 0.772. The van der Waals surface area contributed by atoms with Gasteiger partial charge in [-0.1, -0.05) is 47.0 Å². The van der Waals surface area contributed by atoms with Gasteiger partial charge in [0.05, 0.1) is 0 Å². The van der Waals surface area contributed by atoms with Crippen molar-refractivity contribution in [1.29, 1.82) is 0 Å². The van der Waals surface area contributed by atoms with Gasteiger partial charge in [0, 0.05) is 21.7 Å². The maximum atomic E-state index is 6.34. The van der Waals surface area contributed by atoms with Gasteiger partial charge in [-0.05, 0) is 50.5 Å². The molecular formula is C18H22ClNS. The fourth-order valence-electron chi connectivity index (χ4n) is 2.51. The van der Waals surface area contributed by atoms with E-state index in [-0.39, 0.29) is 6.04 Å². The minimum atomic E-state index is 0.116. The van der Waals surface area contributed by atoms with Crippen LogP contribution >= 0.6 is 23.4 Å². The van der Waals surface area contributed by atoms with Crippen LogP contribution in [0.4, 0.5) is 0 Å². The number of aryl methyl sites for hydroxylation is 2. The molecule has 0 saturated heterocycles. The Labute approximate surface area is 136 Å². The minimum Gasteiger partial charge on any atom is -0.328 e. The lowest BCUT2D eigenvalue weighted by atomic mass is 10.1. The molecule has 112 valence electrons. The third-order valence-corrected chi connectivity index (χ3v) is 4.80. The van der Waals surface area contributed by atoms with Crippen LogP contribution in [0, 0.1) is 13.8 Å². The highest BCUT2D eigenvalue weighted by Gasteiger charge is 2.10. The second-order valence-corrected chi connectivity index (χ2v) is 7.11. The molecule has 1 nitrogen and oxygen atoms in total. The Kier molecular flexibility index (Phi) is 5.74. The number of benzene rings is 2. The van der Waals surface area contributed by atoms with Crippen LogP contribution in [-0.2, 0) is 12.2 Å². The zero-order chi connectivity index (χ0) is 15.4. The predicted molar refractivity (Wildman–Crippen MR) is 94.3 cm³/mol. The van der Waals surface area contributed by atoms with E-state index in [4.69, 9.17) is 17.3 Å². The second kappa shape index (κ2) is 7.35. The topological polar surface area (TPSA) is 26.0 Å². The van der Waals surface area contributed by atoms with E-state index in [2.05, 4.69) is 38.1 Å². The fourth-order valence-corrected chi connectivity index (χ4v) is 3.85. The van der Waals surface area contributed by atoms with Crippen LogP contribution in [-0.4, -0.2) is 6.04 Å². The molecule has 2 rings (SSSR count). The van der Waals surface area contributed by atoms with Gasteiger partial charge in [0.25, 0.3) is 0 Å². The SMILES string of the molecule is Cc1cc(C)cc(CSc2cccc(Cl)c2CC(C)N)c1. The van der Waals surface area contributed by atoms with Gasteiger partial charge in [-0.3, -0.25) is 0 Å². The molecule has 2 aromatic rings. The Balaban J connectivity index is 2.17. The molecule has 2 N–H and O–H groups in total. The largest absolute Gasteiger partial charge is 0.328 e. The molecule has 0 amide bonds. The molecule has 0 fully saturated rings. The van der Waals surface area contributed by atoms with Crippen molar-refractivity contribution in [3.8, 4) is 0 Å². The lowest BCUT2D eigenvalue weighted by Gasteiger charge is -2.13. The zero-order valence-corrected chi connectivity index (χ0v) is 14.4. The van der Waals surface area contributed by atoms with Crippen molar-refractivity contribution in [2.24, 2.45) is 5.73 Å². The van der Waals surface area contributed by atoms with Crippen LogP contribution in [0.1, 0.15) is 29.2 Å². The van der Waals surface area contributed by atoms with Crippen LogP contribution in [0.3, 0.4) is 0 Å². The predicted octanol–water partition coefficient (Wildman–Crippen LogP) is 5.14. The highest BCUT2D eigenvalue weighted by molar-refractivity contribution is 7.98. The van der Waals surface area contributed by atoms with Gasteiger partial charge in [-0.15, -0.1) is 11.8 Å². The van der Waals surface area contributed by atoms with Crippen LogP contribution in [0.5, 0.6) is 0 Å². The van der Waals surface area contributed by atoms with E-state index in [9.17, 15) is 0 Å². The molecule has 0 radical (unpaired) electrons. The molecule has 0 aliphatic heterocycles. The van der Waals surface area contributed by atoms with E-state index in [0.717, 1.165) is 17.2 Å². The van der Waals surface area contributed by atoms with Gasteiger partial charge in [-0.2, -0.15) is 0 Å². The molecule has 21 heavy (non-hydrogen) atoms. The monoisotopic (exact) mass is 319 g/mol. The molecule has 1 atom stereocenters. The van der Waals surface area contributed by atoms with E-state index in [1.54, 1.807) is 0 Å². The average molecular weight is 320 g/mol. The Morgan fingerprint density at radius 3 is 2.43 bits per heavy atom. The maximum Gasteiger partial charge on any atom is 0.0449 e. The first-order valence-electron chi connectivity index (χ1n) is 7.18. The van der Waals surface area contributed by atoms with E-state index in [0.29, 0.717) is 0 Å². The lowest BCUT2D eigenvalue weighted by molar-refractivity contribution is 0.729. The van der Waals surface area contributed by atoms with E-state index in [1.165, 1.54) is 27.1 Å². The summed E-state index contributed by atoms with van der Waals surface area (Å²) in [6.45, 7) is 6.30. The lowest BCUT2D eigenvalue weighted by Crippen LogP contribution is -2.18. The Bertz CT molecular complexity index is 602. The Morgan fingerprint density at radius 1 is 1.14 bits per heavy atom. The first kappa shape index (κ1) is 16.4. The number of rotatable bonds is 5. The maximum absolute atomic E-state index is 6.34. The van der Waals surface area contributed by atoms with Crippen LogP contribution < -0.4 is 5.73 Å². The van der Waals surface area contributed by atoms with E-state index < -0.39 is 0 Å². The Hall–Kier alpha value is -0.960. The van der Waals surface area contributed by atoms with E-state index in [1.807, 2.05) is 30.8 Å². The number of hydrogen-bond donors (Lipinski definition) is 1. The van der Waals surface area contributed by atoms with E-state index >= 15 is 0 Å².